The van der Waals surface area contributed by atoms with E-state index in [2.05, 4.69) is 35.9 Å². The molecule has 1 N–H and O–H groups in total. The minimum atomic E-state index is 0. The summed E-state index contributed by atoms with van der Waals surface area (Å²) < 4.78 is 7.51. The van der Waals surface area contributed by atoms with Crippen molar-refractivity contribution in [1.29, 1.82) is 0 Å². The molecule has 4 rings (SSSR count). The van der Waals surface area contributed by atoms with Crippen molar-refractivity contribution in [3.8, 4) is 5.82 Å². The lowest BCUT2D eigenvalue weighted by Crippen LogP contribution is -2.12. The van der Waals surface area contributed by atoms with Crippen LogP contribution in [-0.2, 0) is 4.74 Å². The zero-order valence-corrected chi connectivity index (χ0v) is 18.8. The lowest BCUT2D eigenvalue weighted by molar-refractivity contribution is 0.296. The van der Waals surface area contributed by atoms with E-state index in [-0.39, 0.29) is 7.47 Å². The van der Waals surface area contributed by atoms with Gasteiger partial charge in [-0.25, -0.2) is 9.97 Å². The molecule has 0 aliphatic rings. The lowest BCUT2D eigenvalue weighted by Gasteiger charge is -2.18. The van der Waals surface area contributed by atoms with Gasteiger partial charge in [0.1, 0.15) is 17.9 Å². The molecule has 0 spiro atoms. The van der Waals surface area contributed by atoms with Gasteiger partial charge in [0.15, 0.2) is 0 Å². The number of fused-ring (bicyclic) bond motifs is 1. The number of para-hydroxylation sites is 2. The summed E-state index contributed by atoms with van der Waals surface area (Å²) in [6.07, 6.45) is 1.79. The van der Waals surface area contributed by atoms with Crippen LogP contribution < -0.4 is 5.32 Å². The van der Waals surface area contributed by atoms with Crippen LogP contribution in [0.4, 0.5) is 5.95 Å². The van der Waals surface area contributed by atoms with Crippen LogP contribution in [0, 0.1) is 0 Å². The predicted octanol–water partition coefficient (Wildman–Crippen LogP) is 6.19. The van der Waals surface area contributed by atoms with E-state index < -0.39 is 0 Å². The average molecular weight is 428 g/mol. The fourth-order valence-corrected chi connectivity index (χ4v) is 3.71. The number of nitrogens with zero attached hydrogens (tertiary/aromatic N) is 4. The molecule has 6 nitrogen and oxygen atoms in total. The molecule has 2 heterocycles. The van der Waals surface area contributed by atoms with Crippen LogP contribution in [0.2, 0.25) is 0 Å². The Morgan fingerprint density at radius 3 is 2.50 bits per heavy atom. The number of ether oxygens (including phenoxy) is 1. The molecule has 0 unspecified atom stereocenters. The second-order valence-corrected chi connectivity index (χ2v) is 7.73. The molecule has 4 aromatic rings. The molecule has 6 heteroatoms. The van der Waals surface area contributed by atoms with Crippen LogP contribution in [0.15, 0.2) is 84.9 Å². The maximum absolute atomic E-state index is 5.54. The van der Waals surface area contributed by atoms with Crippen molar-refractivity contribution >= 4 is 22.6 Å². The van der Waals surface area contributed by atoms with E-state index in [1.807, 2.05) is 66.9 Å². The molecule has 2 aromatic carbocycles. The zero-order chi connectivity index (χ0) is 22.7. The molecule has 0 aliphatic carbocycles. The third-order valence-corrected chi connectivity index (χ3v) is 5.40. The molecule has 2 aromatic heterocycles. The lowest BCUT2D eigenvalue weighted by atomic mass is 10.0. The van der Waals surface area contributed by atoms with Crippen molar-refractivity contribution in [3.05, 3.63) is 96.2 Å². The number of hydrogen-bond acceptors (Lipinski definition) is 5. The van der Waals surface area contributed by atoms with E-state index >= 15 is 0 Å². The van der Waals surface area contributed by atoms with E-state index in [0.717, 1.165) is 39.2 Å². The van der Waals surface area contributed by atoms with Gasteiger partial charge >= 0.3 is 0 Å². The van der Waals surface area contributed by atoms with Gasteiger partial charge in [-0.15, -0.1) is 0 Å². The van der Waals surface area contributed by atoms with Gasteiger partial charge in [-0.1, -0.05) is 49.0 Å². The average Bonchev–Trinajstić information content (AvgIpc) is 3.23. The van der Waals surface area contributed by atoms with Crippen molar-refractivity contribution < 1.29 is 6.16 Å². The molecular formula is C26H29N5O. The first kappa shape index (κ1) is 21.3. The number of hydrogen-bond donors (Lipinski definition) is 1. The molecule has 1 atom stereocenters. The summed E-state index contributed by atoms with van der Waals surface area (Å²) in [6, 6.07) is 20.2. The van der Waals surface area contributed by atoms with Crippen LogP contribution in [0.1, 0.15) is 39.5 Å². The summed E-state index contributed by atoms with van der Waals surface area (Å²) in [5, 5.41) is 3.45. The Balaban J connectivity index is 0.00000306. The maximum atomic E-state index is 5.54. The predicted molar refractivity (Wildman–Crippen MR) is 132 cm³/mol. The monoisotopic (exact) mass is 427 g/mol. The number of nitrogens with one attached hydrogen (secondary N) is 1. The molecule has 0 radical (unpaired) electrons. The van der Waals surface area contributed by atoms with Crippen LogP contribution in [0.25, 0.3) is 22.4 Å². The molecule has 0 bridgehead atoms. The van der Waals surface area contributed by atoms with Gasteiger partial charge in [0, 0.05) is 13.1 Å². The van der Waals surface area contributed by atoms with Crippen LogP contribution in [0.5, 0.6) is 0 Å². The number of rotatable bonds is 7. The van der Waals surface area contributed by atoms with E-state index in [9.17, 15) is 0 Å². The molecule has 32 heavy (non-hydrogen) atoms. The molecule has 0 saturated carbocycles. The Kier molecular flexibility index (Phi) is 6.03. The first-order valence-electron chi connectivity index (χ1n) is 10.5. The van der Waals surface area contributed by atoms with Gasteiger partial charge in [0.05, 0.1) is 29.9 Å². The van der Waals surface area contributed by atoms with Gasteiger partial charge in [-0.3, -0.25) is 4.57 Å². The van der Waals surface area contributed by atoms with Crippen molar-refractivity contribution in [2.24, 2.45) is 0 Å². The summed E-state index contributed by atoms with van der Waals surface area (Å²) in [5.74, 6) is 1.99. The quantitative estimate of drug-likeness (QED) is 0.281. The van der Waals surface area contributed by atoms with Crippen LogP contribution in [-0.4, -0.2) is 26.6 Å². The third-order valence-electron chi connectivity index (χ3n) is 5.40. The molecule has 0 amide bonds. The summed E-state index contributed by atoms with van der Waals surface area (Å²) in [5.41, 5.74) is 5.50. The van der Waals surface area contributed by atoms with E-state index in [0.29, 0.717) is 11.8 Å². The first-order valence-corrected chi connectivity index (χ1v) is 10.5. The van der Waals surface area contributed by atoms with Gasteiger partial charge in [-0.05, 0) is 44.0 Å². The summed E-state index contributed by atoms with van der Waals surface area (Å²) in [4.78, 5) is 14.2. The standard InChI is InChI=1S/C26H27N5O.H2/c1-17(2)25(19(4)32-5)22-15-24(31-16-27-21-13-9-10-14-23(21)31)30-26(29-22)28-18(3)20-11-7-6-8-12-20;/h6-16,18H,1H2,2-5H3,(H,28,29,30);1H/b25-19+;/t18-;/m0./s1. The maximum Gasteiger partial charge on any atom is 0.225 e. The van der Waals surface area contributed by atoms with Crippen LogP contribution in [0.3, 0.4) is 0 Å². The van der Waals surface area contributed by atoms with E-state index in [1.54, 1.807) is 13.4 Å². The number of methoxy groups -OCH3 is 1. The molecule has 0 aliphatic heterocycles. The van der Waals surface area contributed by atoms with Gasteiger partial charge in [-0.2, -0.15) is 4.98 Å². The minimum Gasteiger partial charge on any atom is -0.501 e. The van der Waals surface area contributed by atoms with Crippen molar-refractivity contribution in [2.75, 3.05) is 12.4 Å². The largest absolute Gasteiger partial charge is 0.501 e. The Bertz CT molecular complexity index is 1300. The third kappa shape index (κ3) is 4.25. The Morgan fingerprint density at radius 2 is 1.78 bits per heavy atom. The highest BCUT2D eigenvalue weighted by Crippen LogP contribution is 2.28. The number of benzene rings is 2. The van der Waals surface area contributed by atoms with Crippen molar-refractivity contribution in [1.82, 2.24) is 19.5 Å². The normalized spacial score (nSPS) is 12.9. The Hall–Kier alpha value is -3.93. The fraction of sp³-hybridized carbons (Fsp3) is 0.192. The SMILES string of the molecule is C=C(C)/C(=C(/C)OC)c1cc(-n2cnc3ccccc32)nc(N[C@@H](C)c2ccccc2)n1.[HH]. The topological polar surface area (TPSA) is 64.9 Å². The number of imidazole rings is 1. The summed E-state index contributed by atoms with van der Waals surface area (Å²) in [7, 11) is 1.65. The fourth-order valence-electron chi connectivity index (χ4n) is 3.71. The van der Waals surface area contributed by atoms with E-state index in [4.69, 9.17) is 14.7 Å². The van der Waals surface area contributed by atoms with E-state index in [1.165, 1.54) is 0 Å². The number of anilines is 1. The highest BCUT2D eigenvalue weighted by Gasteiger charge is 2.17. The highest BCUT2D eigenvalue weighted by atomic mass is 16.5. The number of aromatic nitrogens is 4. The smallest absolute Gasteiger partial charge is 0.225 e. The Labute approximate surface area is 189 Å². The molecule has 0 fully saturated rings. The second kappa shape index (κ2) is 9.06. The second-order valence-electron chi connectivity index (χ2n) is 7.73. The molecular weight excluding hydrogens is 398 g/mol. The number of allylic oxidation sites excluding steroid dienone is 3. The first-order chi connectivity index (χ1) is 15.5. The van der Waals surface area contributed by atoms with Crippen LogP contribution >= 0.6 is 0 Å². The highest BCUT2D eigenvalue weighted by molar-refractivity contribution is 5.80. The molecule has 0 saturated heterocycles. The van der Waals surface area contributed by atoms with Crippen molar-refractivity contribution in [3.63, 3.8) is 0 Å². The van der Waals surface area contributed by atoms with Gasteiger partial charge in [0.25, 0.3) is 0 Å². The van der Waals surface area contributed by atoms with Gasteiger partial charge in [0.2, 0.25) is 5.95 Å². The molecule has 164 valence electrons. The summed E-state index contributed by atoms with van der Waals surface area (Å²) >= 11 is 0. The summed E-state index contributed by atoms with van der Waals surface area (Å²) in [6.45, 7) is 10.1. The zero-order valence-electron chi connectivity index (χ0n) is 18.8. The minimum absolute atomic E-state index is 0. The Morgan fingerprint density at radius 1 is 1.06 bits per heavy atom. The van der Waals surface area contributed by atoms with Crippen molar-refractivity contribution in [2.45, 2.75) is 26.8 Å². The van der Waals surface area contributed by atoms with Gasteiger partial charge < -0.3 is 10.1 Å².